The fourth-order valence-corrected chi connectivity index (χ4v) is 2.42. The zero-order valence-electron chi connectivity index (χ0n) is 13.5. The molecule has 1 aliphatic rings. The van der Waals surface area contributed by atoms with E-state index in [0.717, 1.165) is 0 Å². The Kier molecular flexibility index (Phi) is 4.68. The molecular weight excluding hydrogens is 300 g/mol. The smallest absolute Gasteiger partial charge is 0.411 e. The van der Waals surface area contributed by atoms with Gasteiger partial charge in [0.2, 0.25) is 0 Å². The molecule has 0 aromatic heterocycles. The minimum atomic E-state index is -1.07. The number of carboxylic acid groups (broad SMARTS) is 1. The predicted octanol–water partition coefficient (Wildman–Crippen LogP) is 2.11. The number of carboxylic acids is 1. The van der Waals surface area contributed by atoms with Crippen LogP contribution in [0.15, 0.2) is 24.3 Å². The molecule has 2 atom stereocenters. The largest absolute Gasteiger partial charge is 0.488 e. The van der Waals surface area contributed by atoms with Crippen LogP contribution in [0.4, 0.5) is 10.5 Å². The summed E-state index contributed by atoms with van der Waals surface area (Å²) in [6.45, 7) is 5.35. The van der Waals surface area contributed by atoms with Gasteiger partial charge in [-0.05, 0) is 32.9 Å². The number of aliphatic carboxylic acids is 1. The van der Waals surface area contributed by atoms with Crippen molar-refractivity contribution in [2.75, 3.05) is 12.3 Å². The first-order valence-corrected chi connectivity index (χ1v) is 7.40. The van der Waals surface area contributed by atoms with Gasteiger partial charge >= 0.3 is 12.1 Å². The van der Waals surface area contributed by atoms with Gasteiger partial charge in [-0.25, -0.2) is 9.59 Å². The maximum absolute atomic E-state index is 12.2. The average molecular weight is 322 g/mol. The number of hydrogen-bond acceptors (Lipinski definition) is 5. The molecule has 126 valence electrons. The van der Waals surface area contributed by atoms with Crippen LogP contribution in [0, 0.1) is 0 Å². The lowest BCUT2D eigenvalue weighted by molar-refractivity contribution is -0.142. The molecule has 2 rings (SSSR count). The van der Waals surface area contributed by atoms with E-state index >= 15 is 0 Å². The fraction of sp³-hybridized carbons (Fsp3) is 0.500. The lowest BCUT2D eigenvalue weighted by Gasteiger charge is -2.26. The van der Waals surface area contributed by atoms with Crippen molar-refractivity contribution in [3.05, 3.63) is 24.3 Å². The van der Waals surface area contributed by atoms with E-state index < -0.39 is 29.8 Å². The molecule has 0 spiro atoms. The summed E-state index contributed by atoms with van der Waals surface area (Å²) in [5.41, 5.74) is 5.56. The van der Waals surface area contributed by atoms with Gasteiger partial charge in [-0.3, -0.25) is 4.90 Å². The van der Waals surface area contributed by atoms with Crippen LogP contribution in [0.25, 0.3) is 0 Å². The van der Waals surface area contributed by atoms with Crippen molar-refractivity contribution in [3.63, 3.8) is 0 Å². The Labute approximate surface area is 135 Å². The van der Waals surface area contributed by atoms with E-state index in [0.29, 0.717) is 11.4 Å². The number of hydrogen-bond donors (Lipinski definition) is 2. The lowest BCUT2D eigenvalue weighted by Crippen LogP contribution is -2.43. The lowest BCUT2D eigenvalue weighted by atomic mass is 10.2. The average Bonchev–Trinajstić information content (AvgIpc) is 2.81. The minimum Gasteiger partial charge on any atom is -0.488 e. The number of benzene rings is 1. The van der Waals surface area contributed by atoms with Crippen LogP contribution in [0.2, 0.25) is 0 Å². The van der Waals surface area contributed by atoms with Gasteiger partial charge in [0, 0.05) is 18.2 Å². The van der Waals surface area contributed by atoms with Crippen molar-refractivity contribution in [2.45, 2.75) is 44.9 Å². The van der Waals surface area contributed by atoms with Gasteiger partial charge in [0.15, 0.2) is 0 Å². The number of carbonyl (C=O) groups is 2. The topological polar surface area (TPSA) is 102 Å². The van der Waals surface area contributed by atoms with Crippen LogP contribution in [0.3, 0.4) is 0 Å². The zero-order chi connectivity index (χ0) is 17.2. The van der Waals surface area contributed by atoms with E-state index in [1.807, 2.05) is 0 Å². The van der Waals surface area contributed by atoms with Crippen molar-refractivity contribution in [2.24, 2.45) is 0 Å². The Morgan fingerprint density at radius 3 is 2.61 bits per heavy atom. The van der Waals surface area contributed by atoms with Crippen LogP contribution in [0.5, 0.6) is 5.75 Å². The molecule has 1 aromatic rings. The second-order valence-electron chi connectivity index (χ2n) is 6.53. The molecule has 1 aliphatic heterocycles. The highest BCUT2D eigenvalue weighted by Gasteiger charge is 2.42. The molecule has 0 aliphatic carbocycles. The SMILES string of the molecule is CC(C)(C)OC(=O)N1CC(Oc2cccc(N)c2)CC1C(=O)O. The Balaban J connectivity index is 2.08. The van der Waals surface area contributed by atoms with Gasteiger partial charge in [-0.2, -0.15) is 0 Å². The van der Waals surface area contributed by atoms with Crippen LogP contribution < -0.4 is 10.5 Å². The highest BCUT2D eigenvalue weighted by atomic mass is 16.6. The minimum absolute atomic E-state index is 0.153. The maximum Gasteiger partial charge on any atom is 0.411 e. The normalized spacial score (nSPS) is 21.1. The van der Waals surface area contributed by atoms with Gasteiger partial charge in [0.05, 0.1) is 6.54 Å². The molecule has 0 radical (unpaired) electrons. The summed E-state index contributed by atoms with van der Waals surface area (Å²) in [6, 6.07) is 5.92. The Morgan fingerprint density at radius 2 is 2.04 bits per heavy atom. The third-order valence-corrected chi connectivity index (χ3v) is 3.34. The molecule has 1 saturated heterocycles. The van der Waals surface area contributed by atoms with Crippen molar-refractivity contribution >= 4 is 17.7 Å². The number of nitrogens with two attached hydrogens (primary N) is 1. The summed E-state index contributed by atoms with van der Waals surface area (Å²) in [4.78, 5) is 24.8. The van der Waals surface area contributed by atoms with Crippen molar-refractivity contribution in [3.8, 4) is 5.75 Å². The second kappa shape index (κ2) is 6.36. The first-order chi connectivity index (χ1) is 10.7. The highest BCUT2D eigenvalue weighted by Crippen LogP contribution is 2.26. The summed E-state index contributed by atoms with van der Waals surface area (Å²) >= 11 is 0. The number of amides is 1. The van der Waals surface area contributed by atoms with E-state index in [2.05, 4.69) is 0 Å². The van der Waals surface area contributed by atoms with Crippen LogP contribution in [0.1, 0.15) is 27.2 Å². The predicted molar refractivity (Wildman–Crippen MR) is 84.3 cm³/mol. The fourth-order valence-electron chi connectivity index (χ4n) is 2.42. The highest BCUT2D eigenvalue weighted by molar-refractivity contribution is 5.81. The Morgan fingerprint density at radius 1 is 1.35 bits per heavy atom. The number of likely N-dealkylation sites (tertiary alicyclic amines) is 1. The molecule has 7 nitrogen and oxygen atoms in total. The molecule has 1 fully saturated rings. The third kappa shape index (κ3) is 4.51. The first-order valence-electron chi connectivity index (χ1n) is 7.40. The molecule has 0 bridgehead atoms. The molecule has 23 heavy (non-hydrogen) atoms. The summed E-state index contributed by atoms with van der Waals surface area (Å²) in [6.07, 6.45) is -0.877. The van der Waals surface area contributed by atoms with Crippen LogP contribution in [-0.2, 0) is 9.53 Å². The van der Waals surface area contributed by atoms with E-state index in [-0.39, 0.29) is 13.0 Å². The van der Waals surface area contributed by atoms with Gasteiger partial charge in [0.1, 0.15) is 23.5 Å². The van der Waals surface area contributed by atoms with Crippen molar-refractivity contribution in [1.82, 2.24) is 4.90 Å². The molecular formula is C16H22N2O5. The molecule has 1 amide bonds. The van der Waals surface area contributed by atoms with Crippen LogP contribution in [-0.4, -0.2) is 46.4 Å². The number of carbonyl (C=O) groups excluding carboxylic acids is 1. The van der Waals surface area contributed by atoms with E-state index in [9.17, 15) is 14.7 Å². The van der Waals surface area contributed by atoms with Crippen molar-refractivity contribution in [1.29, 1.82) is 0 Å². The standard InChI is InChI=1S/C16H22N2O5/c1-16(2,3)23-15(21)18-9-12(8-13(18)14(19)20)22-11-6-4-5-10(17)7-11/h4-7,12-13H,8-9,17H2,1-3H3,(H,19,20). The van der Waals surface area contributed by atoms with Crippen LogP contribution >= 0.6 is 0 Å². The number of nitrogens with zero attached hydrogens (tertiary/aromatic N) is 1. The first kappa shape index (κ1) is 16.9. The summed E-state index contributed by atoms with van der Waals surface area (Å²) in [5, 5.41) is 9.33. The quantitative estimate of drug-likeness (QED) is 0.826. The Bertz CT molecular complexity index is 596. The molecule has 7 heteroatoms. The van der Waals surface area contributed by atoms with Crippen molar-refractivity contribution < 1.29 is 24.2 Å². The van der Waals surface area contributed by atoms with Gasteiger partial charge in [-0.15, -0.1) is 0 Å². The number of rotatable bonds is 3. The number of nitrogen functional groups attached to an aromatic ring is 1. The second-order valence-corrected chi connectivity index (χ2v) is 6.53. The summed E-state index contributed by atoms with van der Waals surface area (Å²) in [5.74, 6) is -0.528. The number of ether oxygens (including phenoxy) is 2. The van der Waals surface area contributed by atoms with Gasteiger partial charge < -0.3 is 20.3 Å². The molecule has 2 unspecified atom stereocenters. The maximum atomic E-state index is 12.2. The molecule has 1 heterocycles. The van der Waals surface area contributed by atoms with E-state index in [1.165, 1.54) is 4.90 Å². The zero-order valence-corrected chi connectivity index (χ0v) is 13.5. The molecule has 3 N–H and O–H groups in total. The van der Waals surface area contributed by atoms with E-state index in [4.69, 9.17) is 15.2 Å². The van der Waals surface area contributed by atoms with Gasteiger partial charge in [0.25, 0.3) is 0 Å². The summed E-state index contributed by atoms with van der Waals surface area (Å²) in [7, 11) is 0. The third-order valence-electron chi connectivity index (χ3n) is 3.34. The summed E-state index contributed by atoms with van der Waals surface area (Å²) < 4.78 is 11.0. The monoisotopic (exact) mass is 322 g/mol. The Hall–Kier alpha value is -2.44. The molecule has 1 aromatic carbocycles. The van der Waals surface area contributed by atoms with Gasteiger partial charge in [-0.1, -0.05) is 6.07 Å². The van der Waals surface area contributed by atoms with E-state index in [1.54, 1.807) is 45.0 Å². The molecule has 0 saturated carbocycles. The number of anilines is 1.